The number of aliphatic hydroxyl groups is 1. The van der Waals surface area contributed by atoms with E-state index in [1.165, 1.54) is 0 Å². The van der Waals surface area contributed by atoms with E-state index in [9.17, 15) is 5.11 Å². The van der Waals surface area contributed by atoms with Gasteiger partial charge in [-0.3, -0.25) is 0 Å². The van der Waals surface area contributed by atoms with E-state index in [4.69, 9.17) is 23.7 Å². The van der Waals surface area contributed by atoms with Crippen molar-refractivity contribution in [2.75, 3.05) is 6.61 Å². The maximum absolute atomic E-state index is 9.87. The summed E-state index contributed by atoms with van der Waals surface area (Å²) in [4.78, 5) is 0. The van der Waals surface area contributed by atoms with Crippen LogP contribution in [0.25, 0.3) is 0 Å². The lowest BCUT2D eigenvalue weighted by Gasteiger charge is -2.26. The van der Waals surface area contributed by atoms with Crippen LogP contribution in [-0.4, -0.2) is 54.0 Å². The van der Waals surface area contributed by atoms with Gasteiger partial charge in [0.25, 0.3) is 0 Å². The molecule has 0 aromatic heterocycles. The molecule has 18 heavy (non-hydrogen) atoms. The molecule has 104 valence electrons. The van der Waals surface area contributed by atoms with Crippen molar-refractivity contribution in [2.24, 2.45) is 0 Å². The first-order valence-corrected chi connectivity index (χ1v) is 6.28. The summed E-state index contributed by atoms with van der Waals surface area (Å²) in [5.74, 6) is -1.32. The van der Waals surface area contributed by atoms with Gasteiger partial charge < -0.3 is 28.8 Å². The van der Waals surface area contributed by atoms with Crippen LogP contribution in [0.3, 0.4) is 0 Å². The fourth-order valence-corrected chi connectivity index (χ4v) is 2.78. The molecule has 3 heterocycles. The van der Waals surface area contributed by atoms with Gasteiger partial charge >= 0.3 is 0 Å². The number of hydrogen-bond donors (Lipinski definition) is 1. The first kappa shape index (κ1) is 12.8. The highest BCUT2D eigenvalue weighted by atomic mass is 16.8. The topological polar surface area (TPSA) is 66.4 Å². The van der Waals surface area contributed by atoms with Gasteiger partial charge in [-0.05, 0) is 27.7 Å². The molecular formula is C12H20O6. The van der Waals surface area contributed by atoms with Gasteiger partial charge in [0, 0.05) is 0 Å². The molecule has 6 heteroatoms. The van der Waals surface area contributed by atoms with Gasteiger partial charge in [0.2, 0.25) is 0 Å². The Bertz CT molecular complexity index is 341. The van der Waals surface area contributed by atoms with Crippen molar-refractivity contribution >= 4 is 0 Å². The standard InChI is InChI=1S/C12H20O6/c1-11(2)14-5-6(16-11)7-8-9(10(13)15-7)18-12(3,4)17-8/h6-10,13H,5H2,1-4H3/t6-,7-,8+,9+,10-/m1/s1. The van der Waals surface area contributed by atoms with Crippen molar-refractivity contribution in [1.82, 2.24) is 0 Å². The zero-order valence-electron chi connectivity index (χ0n) is 11.1. The Kier molecular flexibility index (Phi) is 2.75. The van der Waals surface area contributed by atoms with E-state index in [0.29, 0.717) is 6.61 Å². The number of rotatable bonds is 1. The Labute approximate surface area is 106 Å². The quantitative estimate of drug-likeness (QED) is 0.735. The molecule has 3 rings (SSSR count). The molecule has 3 aliphatic rings. The van der Waals surface area contributed by atoms with Gasteiger partial charge in [-0.15, -0.1) is 0 Å². The molecule has 0 amide bonds. The molecule has 5 atom stereocenters. The highest BCUT2D eigenvalue weighted by molar-refractivity contribution is 4.99. The SMILES string of the molecule is CC1(C)O[C@@H]2[C@H](O1)[C@H](O)O[C@@H]2[C@H]1COC(C)(C)O1. The molecule has 3 fully saturated rings. The molecular weight excluding hydrogens is 240 g/mol. The van der Waals surface area contributed by atoms with Gasteiger partial charge in [0.15, 0.2) is 17.9 Å². The Morgan fingerprint density at radius 2 is 1.56 bits per heavy atom. The Morgan fingerprint density at radius 3 is 2.17 bits per heavy atom. The molecule has 0 unspecified atom stereocenters. The molecule has 1 N–H and O–H groups in total. The molecule has 0 spiro atoms. The largest absolute Gasteiger partial charge is 0.366 e. The Hall–Kier alpha value is -0.240. The van der Waals surface area contributed by atoms with Gasteiger partial charge in [-0.1, -0.05) is 0 Å². The summed E-state index contributed by atoms with van der Waals surface area (Å²) in [6.45, 7) is 7.78. The molecule has 6 nitrogen and oxygen atoms in total. The molecule has 0 saturated carbocycles. The van der Waals surface area contributed by atoms with E-state index in [2.05, 4.69) is 0 Å². The van der Waals surface area contributed by atoms with Crippen molar-refractivity contribution in [3.05, 3.63) is 0 Å². The zero-order valence-corrected chi connectivity index (χ0v) is 11.1. The van der Waals surface area contributed by atoms with Crippen molar-refractivity contribution in [1.29, 1.82) is 0 Å². The van der Waals surface area contributed by atoms with Crippen molar-refractivity contribution < 1.29 is 28.8 Å². The number of aliphatic hydroxyl groups excluding tert-OH is 1. The summed E-state index contributed by atoms with van der Waals surface area (Å²) in [7, 11) is 0. The molecule has 0 aliphatic carbocycles. The third-order valence-electron chi connectivity index (χ3n) is 3.46. The average Bonchev–Trinajstić information content (AvgIpc) is 2.81. The predicted molar refractivity (Wildman–Crippen MR) is 59.6 cm³/mol. The highest BCUT2D eigenvalue weighted by Crippen LogP contribution is 2.41. The summed E-state index contributed by atoms with van der Waals surface area (Å²) in [5, 5.41) is 9.87. The van der Waals surface area contributed by atoms with E-state index in [1.54, 1.807) is 0 Å². The molecule has 0 aromatic carbocycles. The summed E-state index contributed by atoms with van der Waals surface area (Å²) in [5.41, 5.74) is 0. The molecule has 0 radical (unpaired) electrons. The fraction of sp³-hybridized carbons (Fsp3) is 1.00. The lowest BCUT2D eigenvalue weighted by molar-refractivity contribution is -0.236. The van der Waals surface area contributed by atoms with Crippen LogP contribution < -0.4 is 0 Å². The second-order valence-electron chi connectivity index (χ2n) is 5.92. The second-order valence-corrected chi connectivity index (χ2v) is 5.92. The number of ether oxygens (including phenoxy) is 5. The molecule has 3 aliphatic heterocycles. The van der Waals surface area contributed by atoms with Crippen molar-refractivity contribution in [3.8, 4) is 0 Å². The monoisotopic (exact) mass is 260 g/mol. The van der Waals surface area contributed by atoms with Gasteiger partial charge in [-0.2, -0.15) is 0 Å². The molecule has 0 aromatic rings. The van der Waals surface area contributed by atoms with Crippen LogP contribution in [0, 0.1) is 0 Å². The third kappa shape index (κ3) is 2.07. The maximum Gasteiger partial charge on any atom is 0.184 e. The van der Waals surface area contributed by atoms with Crippen LogP contribution in [-0.2, 0) is 23.7 Å². The minimum atomic E-state index is -0.978. The van der Waals surface area contributed by atoms with Crippen LogP contribution in [0.4, 0.5) is 0 Å². The van der Waals surface area contributed by atoms with Gasteiger partial charge in [-0.25, -0.2) is 0 Å². The van der Waals surface area contributed by atoms with Crippen LogP contribution in [0.15, 0.2) is 0 Å². The maximum atomic E-state index is 9.87. The van der Waals surface area contributed by atoms with Crippen LogP contribution in [0.2, 0.25) is 0 Å². The first-order chi connectivity index (χ1) is 8.27. The van der Waals surface area contributed by atoms with E-state index in [-0.39, 0.29) is 18.3 Å². The van der Waals surface area contributed by atoms with E-state index in [0.717, 1.165) is 0 Å². The lowest BCUT2D eigenvalue weighted by atomic mass is 10.1. The highest BCUT2D eigenvalue weighted by Gasteiger charge is 2.58. The lowest BCUT2D eigenvalue weighted by Crippen LogP contribution is -2.40. The van der Waals surface area contributed by atoms with E-state index < -0.39 is 24.0 Å². The minimum absolute atomic E-state index is 0.248. The fourth-order valence-electron chi connectivity index (χ4n) is 2.78. The van der Waals surface area contributed by atoms with E-state index >= 15 is 0 Å². The van der Waals surface area contributed by atoms with Crippen LogP contribution in [0.1, 0.15) is 27.7 Å². The first-order valence-electron chi connectivity index (χ1n) is 6.28. The Morgan fingerprint density at radius 1 is 0.889 bits per heavy atom. The Balaban J connectivity index is 1.75. The molecule has 0 bridgehead atoms. The van der Waals surface area contributed by atoms with E-state index in [1.807, 2.05) is 27.7 Å². The zero-order chi connectivity index (χ0) is 13.1. The summed E-state index contributed by atoms with van der Waals surface area (Å²) in [6.07, 6.45) is -2.38. The third-order valence-corrected chi connectivity index (χ3v) is 3.46. The summed E-state index contributed by atoms with van der Waals surface area (Å²) >= 11 is 0. The van der Waals surface area contributed by atoms with Crippen LogP contribution >= 0.6 is 0 Å². The van der Waals surface area contributed by atoms with Crippen LogP contribution in [0.5, 0.6) is 0 Å². The number of hydrogen-bond acceptors (Lipinski definition) is 6. The summed E-state index contributed by atoms with van der Waals surface area (Å²) < 4.78 is 28.2. The second kappa shape index (κ2) is 3.88. The molecule has 3 saturated heterocycles. The average molecular weight is 260 g/mol. The van der Waals surface area contributed by atoms with Crippen molar-refractivity contribution in [2.45, 2.75) is 70.0 Å². The smallest absolute Gasteiger partial charge is 0.184 e. The number of fused-ring (bicyclic) bond motifs is 1. The normalized spacial score (nSPS) is 49.5. The predicted octanol–water partition coefficient (Wildman–Crippen LogP) is 0.375. The summed E-state index contributed by atoms with van der Waals surface area (Å²) in [6, 6.07) is 0. The van der Waals surface area contributed by atoms with Crippen molar-refractivity contribution in [3.63, 3.8) is 0 Å². The minimum Gasteiger partial charge on any atom is -0.366 e. The van der Waals surface area contributed by atoms with Gasteiger partial charge in [0.05, 0.1) is 6.61 Å². The van der Waals surface area contributed by atoms with Gasteiger partial charge in [0.1, 0.15) is 24.4 Å².